The maximum absolute atomic E-state index is 11.2. The normalized spacial score (nSPS) is 11.0. The molecule has 0 heterocycles. The summed E-state index contributed by atoms with van der Waals surface area (Å²) in [6.45, 7) is 3.23. The molecule has 0 aromatic heterocycles. The number of halogens is 1. The van der Waals surface area contributed by atoms with Gasteiger partial charge in [-0.05, 0) is 37.1 Å². The van der Waals surface area contributed by atoms with E-state index in [4.69, 9.17) is 15.9 Å². The largest absolute Gasteiger partial charge is 0.261 e. The summed E-state index contributed by atoms with van der Waals surface area (Å²) >= 11 is 0. The zero-order chi connectivity index (χ0) is 10.9. The van der Waals surface area contributed by atoms with E-state index in [1.807, 2.05) is 6.07 Å². The molecule has 1 aromatic carbocycles. The molecule has 14 heavy (non-hydrogen) atoms. The van der Waals surface area contributed by atoms with Crippen molar-refractivity contribution in [2.45, 2.75) is 18.7 Å². The molecule has 0 radical (unpaired) electrons. The van der Waals surface area contributed by atoms with Crippen molar-refractivity contribution in [1.29, 1.82) is 5.26 Å². The molecule has 0 saturated carbocycles. The summed E-state index contributed by atoms with van der Waals surface area (Å²) in [5.41, 5.74) is 1.43. The zero-order valence-electron chi connectivity index (χ0n) is 7.70. The highest BCUT2D eigenvalue weighted by Gasteiger charge is 2.17. The van der Waals surface area contributed by atoms with E-state index in [1.54, 1.807) is 13.8 Å². The van der Waals surface area contributed by atoms with Gasteiger partial charge in [0.25, 0.3) is 9.05 Å². The van der Waals surface area contributed by atoms with Crippen LogP contribution in [0.5, 0.6) is 0 Å². The summed E-state index contributed by atoms with van der Waals surface area (Å²) in [4.78, 5) is 0.0955. The van der Waals surface area contributed by atoms with Gasteiger partial charge in [0.05, 0.1) is 16.5 Å². The van der Waals surface area contributed by atoms with E-state index in [0.717, 1.165) is 0 Å². The van der Waals surface area contributed by atoms with E-state index in [1.165, 1.54) is 12.1 Å². The molecule has 0 amide bonds. The fourth-order valence-corrected chi connectivity index (χ4v) is 3.02. The van der Waals surface area contributed by atoms with Crippen molar-refractivity contribution in [1.82, 2.24) is 0 Å². The van der Waals surface area contributed by atoms with Crippen LogP contribution in [0.25, 0.3) is 0 Å². The molecular weight excluding hydrogens is 222 g/mol. The molecule has 0 aliphatic carbocycles. The lowest BCUT2D eigenvalue weighted by atomic mass is 10.1. The predicted molar refractivity (Wildman–Crippen MR) is 53.7 cm³/mol. The molecule has 0 bridgehead atoms. The predicted octanol–water partition coefficient (Wildman–Crippen LogP) is 2.10. The third kappa shape index (κ3) is 2.06. The first-order chi connectivity index (χ1) is 6.36. The van der Waals surface area contributed by atoms with Crippen LogP contribution in [0.4, 0.5) is 0 Å². The topological polar surface area (TPSA) is 57.9 Å². The number of aryl methyl sites for hydroxylation is 2. The lowest BCUT2D eigenvalue weighted by Crippen LogP contribution is -1.99. The second-order valence-corrected chi connectivity index (χ2v) is 5.49. The zero-order valence-corrected chi connectivity index (χ0v) is 9.28. The molecule has 1 aromatic rings. The van der Waals surface area contributed by atoms with Crippen LogP contribution < -0.4 is 0 Å². The second-order valence-electron chi connectivity index (χ2n) is 2.99. The van der Waals surface area contributed by atoms with Crippen molar-refractivity contribution in [3.8, 4) is 6.07 Å². The molecule has 0 N–H and O–H groups in total. The number of benzene rings is 1. The summed E-state index contributed by atoms with van der Waals surface area (Å²) in [6, 6.07) is 4.95. The molecule has 0 unspecified atom stereocenters. The van der Waals surface area contributed by atoms with E-state index < -0.39 is 9.05 Å². The average Bonchev–Trinajstić information content (AvgIpc) is 1.99. The minimum Gasteiger partial charge on any atom is -0.207 e. The number of nitriles is 1. The van der Waals surface area contributed by atoms with Gasteiger partial charge >= 0.3 is 0 Å². The van der Waals surface area contributed by atoms with Crippen LogP contribution in [-0.4, -0.2) is 8.42 Å². The first-order valence-electron chi connectivity index (χ1n) is 3.82. The number of nitrogens with zero attached hydrogens (tertiary/aromatic N) is 1. The molecule has 0 aliphatic rings. The molecule has 0 spiro atoms. The van der Waals surface area contributed by atoms with Crippen LogP contribution in [-0.2, 0) is 9.05 Å². The van der Waals surface area contributed by atoms with Gasteiger partial charge in [-0.3, -0.25) is 0 Å². The minimum absolute atomic E-state index is 0.0955. The van der Waals surface area contributed by atoms with Crippen LogP contribution in [0.15, 0.2) is 17.0 Å². The fraction of sp³-hybridized carbons (Fsp3) is 0.222. The summed E-state index contributed by atoms with van der Waals surface area (Å²) in [5, 5.41) is 8.65. The molecule has 0 atom stereocenters. The Hall–Kier alpha value is -1.05. The molecule has 0 fully saturated rings. The fourth-order valence-electron chi connectivity index (χ4n) is 1.40. The minimum atomic E-state index is -3.73. The highest BCUT2D eigenvalue weighted by molar-refractivity contribution is 8.13. The van der Waals surface area contributed by atoms with E-state index >= 15 is 0 Å². The Morgan fingerprint density at radius 2 is 1.71 bits per heavy atom. The summed E-state index contributed by atoms with van der Waals surface area (Å²) in [7, 11) is 1.53. The van der Waals surface area contributed by atoms with Crippen molar-refractivity contribution < 1.29 is 8.42 Å². The quantitative estimate of drug-likeness (QED) is 0.693. The van der Waals surface area contributed by atoms with Crippen molar-refractivity contribution in [3.63, 3.8) is 0 Å². The number of hydrogen-bond donors (Lipinski definition) is 0. The summed E-state index contributed by atoms with van der Waals surface area (Å²) in [6.07, 6.45) is 0. The van der Waals surface area contributed by atoms with Crippen LogP contribution in [0.3, 0.4) is 0 Å². The Balaban J connectivity index is 3.59. The molecule has 74 valence electrons. The summed E-state index contributed by atoms with van der Waals surface area (Å²) in [5.74, 6) is 0. The van der Waals surface area contributed by atoms with Gasteiger partial charge in [-0.25, -0.2) is 8.42 Å². The van der Waals surface area contributed by atoms with Gasteiger partial charge in [0.1, 0.15) is 0 Å². The van der Waals surface area contributed by atoms with Gasteiger partial charge in [-0.2, -0.15) is 5.26 Å². The first-order valence-corrected chi connectivity index (χ1v) is 6.13. The van der Waals surface area contributed by atoms with Gasteiger partial charge in [-0.15, -0.1) is 0 Å². The van der Waals surface area contributed by atoms with Crippen molar-refractivity contribution in [2.75, 3.05) is 0 Å². The van der Waals surface area contributed by atoms with Crippen LogP contribution in [0, 0.1) is 25.2 Å². The number of rotatable bonds is 1. The molecule has 3 nitrogen and oxygen atoms in total. The van der Waals surface area contributed by atoms with Crippen LogP contribution in [0.1, 0.15) is 16.7 Å². The Morgan fingerprint density at radius 1 is 1.29 bits per heavy atom. The Bertz CT molecular complexity index is 491. The Kier molecular flexibility index (Phi) is 2.84. The van der Waals surface area contributed by atoms with Gasteiger partial charge in [0, 0.05) is 10.7 Å². The van der Waals surface area contributed by atoms with Crippen molar-refractivity contribution in [3.05, 3.63) is 28.8 Å². The maximum Gasteiger partial charge on any atom is 0.261 e. The Labute approximate surface area is 87.4 Å². The van der Waals surface area contributed by atoms with Gasteiger partial charge < -0.3 is 0 Å². The maximum atomic E-state index is 11.2. The van der Waals surface area contributed by atoms with Crippen LogP contribution >= 0.6 is 10.7 Å². The van der Waals surface area contributed by atoms with Gasteiger partial charge in [0.2, 0.25) is 0 Å². The van der Waals surface area contributed by atoms with Gasteiger partial charge in [0.15, 0.2) is 0 Å². The van der Waals surface area contributed by atoms with Crippen LogP contribution in [0.2, 0.25) is 0 Å². The highest BCUT2D eigenvalue weighted by atomic mass is 35.7. The SMILES string of the molecule is Cc1cc(C#N)cc(C)c1S(=O)(=O)Cl. The monoisotopic (exact) mass is 229 g/mol. The lowest BCUT2D eigenvalue weighted by molar-refractivity contribution is 0.608. The molecule has 5 heteroatoms. The first kappa shape index (κ1) is 11.0. The second kappa shape index (κ2) is 3.60. The lowest BCUT2D eigenvalue weighted by Gasteiger charge is -2.06. The van der Waals surface area contributed by atoms with Gasteiger partial charge in [-0.1, -0.05) is 0 Å². The molecule has 1 rings (SSSR count). The average molecular weight is 230 g/mol. The molecular formula is C9H8ClNO2S. The molecule has 0 saturated heterocycles. The Morgan fingerprint density at radius 3 is 2.00 bits per heavy atom. The third-order valence-corrected chi connectivity index (χ3v) is 3.43. The third-order valence-electron chi connectivity index (χ3n) is 1.83. The van der Waals surface area contributed by atoms with E-state index in [0.29, 0.717) is 16.7 Å². The van der Waals surface area contributed by atoms with E-state index in [9.17, 15) is 8.42 Å². The standard InChI is InChI=1S/C9H8ClNO2S/c1-6-3-8(5-11)4-7(2)9(6)14(10,12)13/h3-4H,1-2H3. The highest BCUT2D eigenvalue weighted by Crippen LogP contribution is 2.24. The van der Waals surface area contributed by atoms with Crippen molar-refractivity contribution in [2.24, 2.45) is 0 Å². The molecule has 0 aliphatic heterocycles. The smallest absolute Gasteiger partial charge is 0.207 e. The summed E-state index contributed by atoms with van der Waals surface area (Å²) < 4.78 is 22.3. The van der Waals surface area contributed by atoms with E-state index in [2.05, 4.69) is 0 Å². The van der Waals surface area contributed by atoms with Crippen molar-refractivity contribution >= 4 is 19.7 Å². The van der Waals surface area contributed by atoms with E-state index in [-0.39, 0.29) is 4.90 Å². The number of hydrogen-bond acceptors (Lipinski definition) is 3.